The fraction of sp³-hybridized carbons (Fsp3) is 0.143. The molecular weight excluding hydrogens is 226 g/mol. The first-order valence-corrected chi connectivity index (χ1v) is 5.69. The highest BCUT2D eigenvalue weighted by molar-refractivity contribution is 5.47. The van der Waals surface area contributed by atoms with Gasteiger partial charge in [0, 0.05) is 12.3 Å². The zero-order valence-electron chi connectivity index (χ0n) is 10.3. The van der Waals surface area contributed by atoms with E-state index in [2.05, 4.69) is 10.2 Å². The predicted molar refractivity (Wildman–Crippen MR) is 74.2 cm³/mol. The molecule has 2 aromatic carbocycles. The quantitative estimate of drug-likeness (QED) is 0.623. The van der Waals surface area contributed by atoms with Crippen LogP contribution in [0.25, 0.3) is 0 Å². The molecule has 0 aliphatic rings. The number of anilines is 1. The fourth-order valence-electron chi connectivity index (χ4n) is 1.15. The van der Waals surface area contributed by atoms with Crippen LogP contribution >= 0.6 is 0 Å². The van der Waals surface area contributed by atoms with Crippen LogP contribution in [0.2, 0.25) is 0 Å². The van der Waals surface area contributed by atoms with Gasteiger partial charge in [-0.15, -0.1) is 0 Å². The van der Waals surface area contributed by atoms with E-state index in [1.165, 1.54) is 0 Å². The van der Waals surface area contributed by atoms with Gasteiger partial charge in [0.2, 0.25) is 0 Å². The molecule has 0 saturated carbocycles. The maximum absolute atomic E-state index is 7.57. The standard InChI is InChI=1S/C12H11N3.C2H6O/c13-10-6-8-12(9-7-10)15-14-11-4-2-1-3-5-11;1-2-3/h1-9H,13H2;3H,2H2,1H3. The molecule has 0 saturated heterocycles. The Bertz CT molecular complexity index is 466. The monoisotopic (exact) mass is 243 g/mol. The lowest BCUT2D eigenvalue weighted by Crippen LogP contribution is -1.80. The maximum atomic E-state index is 7.57. The minimum atomic E-state index is 0.250. The van der Waals surface area contributed by atoms with Gasteiger partial charge in [-0.3, -0.25) is 0 Å². The van der Waals surface area contributed by atoms with Gasteiger partial charge in [0.25, 0.3) is 0 Å². The average molecular weight is 243 g/mol. The normalized spacial score (nSPS) is 9.89. The molecular formula is C14H17N3O. The number of aliphatic hydroxyl groups excluding tert-OH is 1. The van der Waals surface area contributed by atoms with E-state index in [-0.39, 0.29) is 6.61 Å². The lowest BCUT2D eigenvalue weighted by Gasteiger charge is -1.93. The number of rotatable bonds is 2. The van der Waals surface area contributed by atoms with Crippen molar-refractivity contribution in [2.75, 3.05) is 12.3 Å². The number of hydrogen-bond acceptors (Lipinski definition) is 4. The molecule has 94 valence electrons. The Hall–Kier alpha value is -2.20. The Morgan fingerprint density at radius 2 is 1.33 bits per heavy atom. The Morgan fingerprint density at radius 1 is 0.889 bits per heavy atom. The summed E-state index contributed by atoms with van der Waals surface area (Å²) in [5, 5.41) is 15.7. The molecule has 0 aromatic heterocycles. The summed E-state index contributed by atoms with van der Waals surface area (Å²) in [6.07, 6.45) is 0. The van der Waals surface area contributed by atoms with Gasteiger partial charge in [-0.1, -0.05) is 18.2 Å². The molecule has 4 heteroatoms. The number of nitrogen functional groups attached to an aromatic ring is 1. The van der Waals surface area contributed by atoms with Gasteiger partial charge < -0.3 is 10.8 Å². The smallest absolute Gasteiger partial charge is 0.0858 e. The van der Waals surface area contributed by atoms with Crippen LogP contribution in [0.5, 0.6) is 0 Å². The average Bonchev–Trinajstić information content (AvgIpc) is 2.40. The SMILES string of the molecule is CCO.Nc1ccc(N=Nc2ccccc2)cc1. The minimum absolute atomic E-state index is 0.250. The maximum Gasteiger partial charge on any atom is 0.0858 e. The van der Waals surface area contributed by atoms with Crippen molar-refractivity contribution >= 4 is 17.1 Å². The van der Waals surface area contributed by atoms with Crippen LogP contribution in [0.1, 0.15) is 6.92 Å². The minimum Gasteiger partial charge on any atom is -0.399 e. The van der Waals surface area contributed by atoms with E-state index in [0.29, 0.717) is 0 Å². The summed E-state index contributed by atoms with van der Waals surface area (Å²) in [4.78, 5) is 0. The number of aliphatic hydroxyl groups is 1. The molecule has 18 heavy (non-hydrogen) atoms. The molecule has 0 unspecified atom stereocenters. The third-order valence-corrected chi connectivity index (χ3v) is 1.93. The van der Waals surface area contributed by atoms with Crippen LogP contribution < -0.4 is 5.73 Å². The first kappa shape index (κ1) is 13.9. The lowest BCUT2D eigenvalue weighted by molar-refractivity contribution is 0.318. The van der Waals surface area contributed by atoms with Gasteiger partial charge in [-0.2, -0.15) is 10.2 Å². The zero-order valence-corrected chi connectivity index (χ0v) is 10.3. The van der Waals surface area contributed by atoms with Crippen molar-refractivity contribution in [3.63, 3.8) is 0 Å². The summed E-state index contributed by atoms with van der Waals surface area (Å²) >= 11 is 0. The molecule has 0 fully saturated rings. The van der Waals surface area contributed by atoms with Crippen LogP contribution in [0.4, 0.5) is 17.1 Å². The number of benzene rings is 2. The summed E-state index contributed by atoms with van der Waals surface area (Å²) in [5.74, 6) is 0. The Morgan fingerprint density at radius 3 is 1.83 bits per heavy atom. The largest absolute Gasteiger partial charge is 0.399 e. The van der Waals surface area contributed by atoms with Crippen molar-refractivity contribution < 1.29 is 5.11 Å². The van der Waals surface area contributed by atoms with E-state index in [4.69, 9.17) is 10.8 Å². The highest BCUT2D eigenvalue weighted by atomic mass is 16.2. The summed E-state index contributed by atoms with van der Waals surface area (Å²) in [5.41, 5.74) is 7.93. The molecule has 0 bridgehead atoms. The summed E-state index contributed by atoms with van der Waals surface area (Å²) in [6, 6.07) is 16.9. The molecule has 2 rings (SSSR count). The topological polar surface area (TPSA) is 71.0 Å². The van der Waals surface area contributed by atoms with Crippen molar-refractivity contribution in [1.82, 2.24) is 0 Å². The fourth-order valence-corrected chi connectivity index (χ4v) is 1.15. The van der Waals surface area contributed by atoms with E-state index in [9.17, 15) is 0 Å². The van der Waals surface area contributed by atoms with Crippen LogP contribution in [-0.2, 0) is 0 Å². The highest BCUT2D eigenvalue weighted by Gasteiger charge is 1.89. The molecule has 0 radical (unpaired) electrons. The van der Waals surface area contributed by atoms with Crippen LogP contribution in [0, 0.1) is 0 Å². The molecule has 0 atom stereocenters. The molecule has 0 aliphatic heterocycles. The predicted octanol–water partition coefficient (Wildman–Crippen LogP) is 3.68. The Labute approximate surface area is 107 Å². The number of azo groups is 1. The molecule has 0 aliphatic carbocycles. The second kappa shape index (κ2) is 7.97. The Balaban J connectivity index is 0.000000492. The third-order valence-electron chi connectivity index (χ3n) is 1.93. The van der Waals surface area contributed by atoms with Crippen LogP contribution in [-0.4, -0.2) is 11.7 Å². The molecule has 0 amide bonds. The summed E-state index contributed by atoms with van der Waals surface area (Å²) < 4.78 is 0. The molecule has 2 aromatic rings. The number of nitrogens with zero attached hydrogens (tertiary/aromatic N) is 2. The van der Waals surface area contributed by atoms with E-state index >= 15 is 0 Å². The highest BCUT2D eigenvalue weighted by Crippen LogP contribution is 2.18. The summed E-state index contributed by atoms with van der Waals surface area (Å²) in [7, 11) is 0. The lowest BCUT2D eigenvalue weighted by atomic mass is 10.3. The van der Waals surface area contributed by atoms with Gasteiger partial charge in [-0.05, 0) is 43.3 Å². The van der Waals surface area contributed by atoms with Crippen molar-refractivity contribution in [1.29, 1.82) is 0 Å². The molecule has 0 spiro atoms. The van der Waals surface area contributed by atoms with Gasteiger partial charge in [0.05, 0.1) is 11.4 Å². The molecule has 3 N–H and O–H groups in total. The van der Waals surface area contributed by atoms with E-state index in [1.807, 2.05) is 42.5 Å². The second-order valence-corrected chi connectivity index (χ2v) is 3.44. The van der Waals surface area contributed by atoms with Gasteiger partial charge >= 0.3 is 0 Å². The van der Waals surface area contributed by atoms with Crippen molar-refractivity contribution in [2.24, 2.45) is 10.2 Å². The van der Waals surface area contributed by atoms with Crippen LogP contribution in [0.15, 0.2) is 64.8 Å². The van der Waals surface area contributed by atoms with E-state index in [0.717, 1.165) is 17.1 Å². The molecule has 4 nitrogen and oxygen atoms in total. The van der Waals surface area contributed by atoms with Crippen molar-refractivity contribution in [3.05, 3.63) is 54.6 Å². The molecule has 0 heterocycles. The zero-order chi connectivity index (χ0) is 13.2. The summed E-state index contributed by atoms with van der Waals surface area (Å²) in [6.45, 7) is 1.93. The second-order valence-electron chi connectivity index (χ2n) is 3.44. The van der Waals surface area contributed by atoms with Crippen molar-refractivity contribution in [3.8, 4) is 0 Å². The first-order valence-electron chi connectivity index (χ1n) is 5.69. The van der Waals surface area contributed by atoms with Gasteiger partial charge in [0.1, 0.15) is 0 Å². The van der Waals surface area contributed by atoms with Gasteiger partial charge in [-0.25, -0.2) is 0 Å². The van der Waals surface area contributed by atoms with Gasteiger partial charge in [0.15, 0.2) is 0 Å². The van der Waals surface area contributed by atoms with E-state index < -0.39 is 0 Å². The number of hydrogen-bond donors (Lipinski definition) is 2. The number of nitrogens with two attached hydrogens (primary N) is 1. The third kappa shape index (κ3) is 5.23. The Kier molecular flexibility index (Phi) is 6.14. The van der Waals surface area contributed by atoms with E-state index in [1.54, 1.807) is 19.1 Å². The van der Waals surface area contributed by atoms with Crippen LogP contribution in [0.3, 0.4) is 0 Å². The first-order chi connectivity index (χ1) is 8.76. The van der Waals surface area contributed by atoms with Crippen molar-refractivity contribution in [2.45, 2.75) is 6.92 Å².